The van der Waals surface area contributed by atoms with Gasteiger partial charge in [0.1, 0.15) is 24.6 Å². The van der Waals surface area contributed by atoms with Gasteiger partial charge in [-0.25, -0.2) is 24.1 Å². The van der Waals surface area contributed by atoms with E-state index in [9.17, 15) is 4.79 Å². The van der Waals surface area contributed by atoms with Crippen LogP contribution in [-0.2, 0) is 14.2 Å². The molecule has 1 aromatic carbocycles. The number of carbonyl (C=O) groups is 1. The van der Waals surface area contributed by atoms with E-state index in [1.54, 1.807) is 36.6 Å². The van der Waals surface area contributed by atoms with Crippen molar-refractivity contribution in [1.29, 1.82) is 0 Å². The van der Waals surface area contributed by atoms with E-state index >= 15 is 4.39 Å². The lowest BCUT2D eigenvalue weighted by Gasteiger charge is -2.20. The van der Waals surface area contributed by atoms with Crippen molar-refractivity contribution in [1.82, 2.24) is 19.5 Å². The first-order valence-electron chi connectivity index (χ1n) is 9.09. The quantitative estimate of drug-likeness (QED) is 0.307. The molecule has 1 aliphatic rings. The summed E-state index contributed by atoms with van der Waals surface area (Å²) in [5.74, 6) is -0.554. The minimum absolute atomic E-state index is 0.141. The lowest BCUT2D eigenvalue weighted by Crippen LogP contribution is -2.36. The van der Waals surface area contributed by atoms with E-state index in [-0.39, 0.29) is 16.1 Å². The number of nitrogens with zero attached hydrogens (tertiary/aromatic N) is 4. The van der Waals surface area contributed by atoms with Gasteiger partial charge < -0.3 is 14.2 Å². The van der Waals surface area contributed by atoms with Crippen molar-refractivity contribution >= 4 is 57.1 Å². The fraction of sp³-hybridized carbons (Fsp3) is 0.316. The summed E-state index contributed by atoms with van der Waals surface area (Å²) in [7, 11) is 0. The Kier molecular flexibility index (Phi) is 6.65. The van der Waals surface area contributed by atoms with Crippen molar-refractivity contribution < 1.29 is 23.4 Å². The van der Waals surface area contributed by atoms with Gasteiger partial charge in [-0.3, -0.25) is 4.57 Å². The fourth-order valence-corrected chi connectivity index (χ4v) is 3.67. The Morgan fingerprint density at radius 1 is 1.32 bits per heavy atom. The van der Waals surface area contributed by atoms with E-state index < -0.39 is 30.6 Å². The Morgan fingerprint density at radius 2 is 2.10 bits per heavy atom. The number of rotatable bonds is 5. The lowest BCUT2D eigenvalue weighted by molar-refractivity contribution is -0.0509. The number of ether oxygens (including phenoxy) is 3. The molecule has 4 atom stereocenters. The summed E-state index contributed by atoms with van der Waals surface area (Å²) in [6.07, 6.45) is -0.444. The van der Waals surface area contributed by atoms with Gasteiger partial charge >= 0.3 is 5.97 Å². The van der Waals surface area contributed by atoms with Crippen molar-refractivity contribution in [2.75, 3.05) is 12.9 Å². The van der Waals surface area contributed by atoms with Crippen LogP contribution in [0.25, 0.3) is 11.2 Å². The molecule has 3 aromatic rings. The average Bonchev–Trinajstić information content (AvgIpc) is 3.35. The molecule has 1 fully saturated rings. The van der Waals surface area contributed by atoms with Gasteiger partial charge in [-0.05, 0) is 30.6 Å². The van der Waals surface area contributed by atoms with E-state index in [2.05, 4.69) is 15.0 Å². The molecule has 1 saturated heterocycles. The molecule has 0 amide bonds. The highest BCUT2D eigenvalue weighted by molar-refractivity contribution is 8.22. The van der Waals surface area contributed by atoms with Crippen LogP contribution in [0.2, 0.25) is 5.15 Å². The molecule has 0 aliphatic carbocycles. The summed E-state index contributed by atoms with van der Waals surface area (Å²) in [4.78, 5) is 24.4. The van der Waals surface area contributed by atoms with Crippen LogP contribution in [0.3, 0.4) is 0 Å². The van der Waals surface area contributed by atoms with Crippen molar-refractivity contribution in [2.45, 2.75) is 24.6 Å². The molecule has 4 rings (SSSR count). The van der Waals surface area contributed by atoms with Crippen molar-refractivity contribution in [3.05, 3.63) is 53.7 Å². The van der Waals surface area contributed by atoms with Crippen LogP contribution in [0.1, 0.15) is 16.6 Å². The Morgan fingerprint density at radius 3 is 2.84 bits per heavy atom. The highest BCUT2D eigenvalue weighted by atomic mass is 35.5. The van der Waals surface area contributed by atoms with Crippen LogP contribution < -0.4 is 0 Å². The number of imidazole rings is 1. The lowest BCUT2D eigenvalue weighted by atomic mass is 10.1. The van der Waals surface area contributed by atoms with E-state index in [4.69, 9.17) is 38.0 Å². The van der Waals surface area contributed by atoms with E-state index in [0.717, 1.165) is 11.8 Å². The van der Waals surface area contributed by atoms with Crippen LogP contribution in [0.4, 0.5) is 4.39 Å². The van der Waals surface area contributed by atoms with Crippen molar-refractivity contribution in [3.63, 3.8) is 0 Å². The third kappa shape index (κ3) is 4.49. The van der Waals surface area contributed by atoms with Crippen LogP contribution in [0.5, 0.6) is 0 Å². The summed E-state index contributed by atoms with van der Waals surface area (Å²) in [6.45, 7) is -0.228. The number of alkyl halides is 1. The third-order valence-electron chi connectivity index (χ3n) is 4.64. The molecular weight excluding hydrogens is 467 g/mol. The molecule has 0 unspecified atom stereocenters. The number of esters is 1. The zero-order valence-electron chi connectivity index (χ0n) is 16.1. The SMILES string of the molecule is CSC(=S)O[C@H]1[C@@H](F)[C@H](n2cnc3c(Cl)ncnc32)O[C@@H]1COC(=O)c1ccccc1. The minimum atomic E-state index is -1.64. The number of benzene rings is 1. The number of halogens is 2. The maximum atomic E-state index is 15.5. The Bertz CT molecular complexity index is 1100. The second-order valence-electron chi connectivity index (χ2n) is 6.50. The molecular formula is C19H16ClFN4O4S2. The molecule has 0 radical (unpaired) electrons. The van der Waals surface area contributed by atoms with E-state index in [1.807, 2.05) is 0 Å². The molecule has 3 heterocycles. The maximum absolute atomic E-state index is 15.5. The number of thioether (sulfide) groups is 1. The molecule has 31 heavy (non-hydrogen) atoms. The molecule has 8 nitrogen and oxygen atoms in total. The van der Waals surface area contributed by atoms with Crippen molar-refractivity contribution in [3.8, 4) is 0 Å². The monoisotopic (exact) mass is 482 g/mol. The first-order chi connectivity index (χ1) is 15.0. The molecule has 0 spiro atoms. The summed E-state index contributed by atoms with van der Waals surface area (Å²) in [6, 6.07) is 8.47. The first kappa shape index (κ1) is 21.9. The van der Waals surface area contributed by atoms with Gasteiger partial charge in [-0.2, -0.15) is 0 Å². The standard InChI is InChI=1S/C19H16ClFN4O4S2/c1-31-19(30)29-14-11(7-27-18(26)10-5-3-2-4-6-10)28-17(12(14)21)25-9-24-13-15(20)22-8-23-16(13)25/h2-6,8-9,11-12,14,17H,7H2,1H3/t11-,12-,14-,17-/m1/s1. The van der Waals surface area contributed by atoms with Gasteiger partial charge in [0.25, 0.3) is 0 Å². The van der Waals surface area contributed by atoms with Gasteiger partial charge in [0.15, 0.2) is 29.3 Å². The van der Waals surface area contributed by atoms with Gasteiger partial charge in [-0.15, -0.1) is 0 Å². The predicted octanol–water partition coefficient (Wildman–Crippen LogP) is 3.61. The van der Waals surface area contributed by atoms with Crippen LogP contribution in [0.15, 0.2) is 43.0 Å². The largest absolute Gasteiger partial charge is 0.469 e. The maximum Gasteiger partial charge on any atom is 0.338 e. The Balaban J connectivity index is 1.56. The molecule has 0 bridgehead atoms. The minimum Gasteiger partial charge on any atom is -0.469 e. The Labute approximate surface area is 191 Å². The normalized spacial score (nSPS) is 23.1. The second kappa shape index (κ2) is 9.43. The zero-order valence-corrected chi connectivity index (χ0v) is 18.4. The average molecular weight is 483 g/mol. The first-order valence-corrected chi connectivity index (χ1v) is 11.1. The van der Waals surface area contributed by atoms with Gasteiger partial charge in [0.2, 0.25) is 4.38 Å². The summed E-state index contributed by atoms with van der Waals surface area (Å²) < 4.78 is 33.8. The van der Waals surface area contributed by atoms with Crippen molar-refractivity contribution in [2.24, 2.45) is 0 Å². The number of thiocarbonyl (C=S) groups is 1. The molecule has 162 valence electrons. The van der Waals surface area contributed by atoms with E-state index in [1.165, 1.54) is 17.2 Å². The number of aromatic nitrogens is 4. The summed E-state index contributed by atoms with van der Waals surface area (Å²) in [5, 5.41) is 0.141. The van der Waals surface area contributed by atoms with E-state index in [0.29, 0.717) is 16.7 Å². The summed E-state index contributed by atoms with van der Waals surface area (Å²) in [5.41, 5.74) is 0.995. The number of hydrogen-bond acceptors (Lipinski definition) is 9. The second-order valence-corrected chi connectivity index (χ2v) is 8.27. The van der Waals surface area contributed by atoms with Crippen LogP contribution >= 0.6 is 35.6 Å². The van der Waals surface area contributed by atoms with Gasteiger partial charge in [0.05, 0.1) is 11.9 Å². The molecule has 1 aliphatic heterocycles. The highest BCUT2D eigenvalue weighted by Gasteiger charge is 2.49. The third-order valence-corrected chi connectivity index (χ3v) is 5.94. The van der Waals surface area contributed by atoms with Gasteiger partial charge in [-0.1, -0.05) is 41.6 Å². The fourth-order valence-electron chi connectivity index (χ4n) is 3.18. The van der Waals surface area contributed by atoms with Crippen LogP contribution in [0, 0.1) is 0 Å². The molecule has 2 aromatic heterocycles. The number of fused-ring (bicyclic) bond motifs is 1. The van der Waals surface area contributed by atoms with Gasteiger partial charge in [0, 0.05) is 0 Å². The predicted molar refractivity (Wildman–Crippen MR) is 117 cm³/mol. The number of carbonyl (C=O) groups excluding carboxylic acids is 1. The Hall–Kier alpha value is -2.34. The number of hydrogen-bond donors (Lipinski definition) is 0. The summed E-state index contributed by atoms with van der Waals surface area (Å²) >= 11 is 12.3. The van der Waals surface area contributed by atoms with Crippen LogP contribution in [-0.4, -0.2) is 61.1 Å². The molecule has 12 heteroatoms. The topological polar surface area (TPSA) is 88.4 Å². The highest BCUT2D eigenvalue weighted by Crippen LogP contribution is 2.36. The smallest absolute Gasteiger partial charge is 0.338 e. The zero-order chi connectivity index (χ0) is 22.0. The molecule has 0 saturated carbocycles. The molecule has 0 N–H and O–H groups in total.